The number of phenolic OH excluding ortho intramolecular Hbond substituents is 1. The number of aliphatic carboxylic acids is 1. The molecule has 4 amide bonds. The van der Waals surface area contributed by atoms with Gasteiger partial charge in [0.25, 0.3) is 0 Å². The maximum Gasteiger partial charge on any atom is 0.327 e. The molecule has 0 unspecified atom stereocenters. The smallest absolute Gasteiger partial charge is 0.327 e. The maximum absolute atomic E-state index is 13.1. The monoisotopic (exact) mass is 603 g/mol. The van der Waals surface area contributed by atoms with E-state index in [0.717, 1.165) is 27.2 Å². The molecule has 2 aromatic carbocycles. The lowest BCUT2D eigenvalue weighted by Gasteiger charge is -2.26. The number of carboxylic acids is 1. The Morgan fingerprint density at radius 2 is 1.59 bits per heavy atom. The average molecular weight is 604 g/mol. The molecular weight excluding hydrogens is 570 g/mol. The van der Waals surface area contributed by atoms with E-state index in [-0.39, 0.29) is 30.1 Å². The van der Waals surface area contributed by atoms with Crippen LogP contribution in [0.4, 0.5) is 0 Å². The minimum Gasteiger partial charge on any atom is -0.508 e. The highest BCUT2D eigenvalue weighted by molar-refractivity contribution is 8.76. The number of hydrogen-bond donors (Lipinski definition) is 7. The summed E-state index contributed by atoms with van der Waals surface area (Å²) in [5.74, 6) is -3.72. The highest BCUT2D eigenvalue weighted by Crippen LogP contribution is 2.23. The van der Waals surface area contributed by atoms with Gasteiger partial charge in [-0.25, -0.2) is 4.79 Å². The zero-order valence-electron chi connectivity index (χ0n) is 22.2. The quantitative estimate of drug-likeness (QED) is 0.210. The van der Waals surface area contributed by atoms with Crippen molar-refractivity contribution >= 4 is 51.2 Å². The molecule has 1 fully saturated rings. The van der Waals surface area contributed by atoms with Crippen molar-refractivity contribution in [2.45, 2.75) is 50.0 Å². The Bertz CT molecular complexity index is 1230. The Kier molecular flexibility index (Phi) is 11.9. The van der Waals surface area contributed by atoms with Crippen LogP contribution in [0.2, 0.25) is 0 Å². The van der Waals surface area contributed by atoms with Crippen molar-refractivity contribution in [2.75, 3.05) is 11.5 Å². The number of carbonyl (C=O) groups excluding carboxylic acids is 4. The number of carboxylic acid groups (broad SMARTS) is 1. The van der Waals surface area contributed by atoms with Gasteiger partial charge in [-0.05, 0) is 36.6 Å². The minimum absolute atomic E-state index is 0.0310. The second-order valence-corrected chi connectivity index (χ2v) is 12.0. The molecule has 0 aromatic heterocycles. The van der Waals surface area contributed by atoms with E-state index in [4.69, 9.17) is 5.73 Å². The Hall–Kier alpha value is -3.75. The van der Waals surface area contributed by atoms with Gasteiger partial charge in [-0.1, -0.05) is 64.1 Å². The zero-order chi connectivity index (χ0) is 29.9. The van der Waals surface area contributed by atoms with Crippen LogP contribution in [0.1, 0.15) is 18.1 Å². The number of phenols is 1. The molecule has 220 valence electrons. The van der Waals surface area contributed by atoms with Gasteiger partial charge in [0.1, 0.15) is 29.9 Å². The van der Waals surface area contributed by atoms with Gasteiger partial charge in [-0.15, -0.1) is 0 Å². The summed E-state index contributed by atoms with van der Waals surface area (Å²) in [6, 6.07) is 9.62. The van der Waals surface area contributed by atoms with Crippen molar-refractivity contribution in [3.05, 3.63) is 65.7 Å². The fraction of sp³-hybridized carbons (Fsp3) is 0.370. The Balaban J connectivity index is 1.75. The van der Waals surface area contributed by atoms with Crippen molar-refractivity contribution in [3.8, 4) is 5.75 Å². The molecule has 0 spiro atoms. The third kappa shape index (κ3) is 9.99. The van der Waals surface area contributed by atoms with E-state index < -0.39 is 59.8 Å². The van der Waals surface area contributed by atoms with E-state index in [1.165, 1.54) is 19.1 Å². The summed E-state index contributed by atoms with van der Waals surface area (Å²) in [4.78, 5) is 63.9. The predicted molar refractivity (Wildman–Crippen MR) is 156 cm³/mol. The summed E-state index contributed by atoms with van der Waals surface area (Å²) >= 11 is 0. The molecule has 1 aliphatic heterocycles. The molecule has 41 heavy (non-hydrogen) atoms. The zero-order valence-corrected chi connectivity index (χ0v) is 23.9. The maximum atomic E-state index is 13.1. The fourth-order valence-corrected chi connectivity index (χ4v) is 6.17. The van der Waals surface area contributed by atoms with Gasteiger partial charge in [0.2, 0.25) is 23.6 Å². The van der Waals surface area contributed by atoms with E-state index in [9.17, 15) is 34.2 Å². The Labute approximate surface area is 245 Å². The molecule has 0 radical (unpaired) electrons. The Morgan fingerprint density at radius 1 is 0.927 bits per heavy atom. The number of aromatic hydroxyl groups is 1. The summed E-state index contributed by atoms with van der Waals surface area (Å²) in [7, 11) is 2.25. The molecule has 0 aliphatic carbocycles. The van der Waals surface area contributed by atoms with Crippen molar-refractivity contribution in [1.82, 2.24) is 21.3 Å². The van der Waals surface area contributed by atoms with Gasteiger partial charge in [0.15, 0.2) is 0 Å². The average Bonchev–Trinajstić information content (AvgIpc) is 2.94. The predicted octanol–water partition coefficient (Wildman–Crippen LogP) is -0.0566. The van der Waals surface area contributed by atoms with E-state index in [1.807, 2.05) is 0 Å². The molecule has 1 aliphatic rings. The van der Waals surface area contributed by atoms with Crippen LogP contribution in [0.25, 0.3) is 0 Å². The number of nitrogens with one attached hydrogen (secondary N) is 4. The van der Waals surface area contributed by atoms with E-state index in [2.05, 4.69) is 21.3 Å². The summed E-state index contributed by atoms with van der Waals surface area (Å²) in [6.45, 7) is 1.44. The molecule has 3 rings (SSSR count). The van der Waals surface area contributed by atoms with Crippen LogP contribution in [0.5, 0.6) is 5.75 Å². The van der Waals surface area contributed by atoms with Crippen LogP contribution in [-0.2, 0) is 36.8 Å². The first-order valence-corrected chi connectivity index (χ1v) is 15.3. The molecule has 5 atom stereocenters. The topological polar surface area (TPSA) is 200 Å². The molecule has 0 saturated carbocycles. The highest BCUT2D eigenvalue weighted by atomic mass is 33.1. The number of nitrogens with two attached hydrogens (primary N) is 1. The molecule has 8 N–H and O–H groups in total. The van der Waals surface area contributed by atoms with Gasteiger partial charge in [0, 0.05) is 17.9 Å². The van der Waals surface area contributed by atoms with E-state index >= 15 is 0 Å². The van der Waals surface area contributed by atoms with Crippen LogP contribution in [0, 0.1) is 0 Å². The molecule has 12 nitrogen and oxygen atoms in total. The van der Waals surface area contributed by atoms with Crippen molar-refractivity contribution in [1.29, 1.82) is 0 Å². The SMILES string of the molecule is C[C@@H]1NC(=O)[C@@H](NC(=O)[C@@H](N)Cc2ccc(O)cc2)CSSC[C@@H](C(=O)O)NC(=O)[C@@H](Cc2ccccc2)NC1=O. The summed E-state index contributed by atoms with van der Waals surface area (Å²) in [5, 5.41) is 29.4. The highest BCUT2D eigenvalue weighted by Gasteiger charge is 2.31. The second kappa shape index (κ2) is 15.3. The summed E-state index contributed by atoms with van der Waals surface area (Å²) in [6.07, 6.45) is 0.259. The lowest BCUT2D eigenvalue weighted by atomic mass is 10.0. The lowest BCUT2D eigenvalue weighted by Crippen LogP contribution is -2.59. The van der Waals surface area contributed by atoms with Gasteiger partial charge in [-0.2, -0.15) is 0 Å². The normalized spacial score (nSPS) is 23.2. The number of hydrogen-bond acceptors (Lipinski definition) is 9. The second-order valence-electron chi connectivity index (χ2n) is 9.49. The van der Waals surface area contributed by atoms with Gasteiger partial charge < -0.3 is 37.2 Å². The van der Waals surface area contributed by atoms with E-state index in [0.29, 0.717) is 5.56 Å². The standard InChI is InChI=1S/C27H33N5O7S2/c1-15-23(34)30-20(12-16-5-3-2-4-6-16)25(36)32-22(27(38)39)14-41-40-13-21(26(37)29-15)31-24(35)19(28)11-17-7-9-18(33)10-8-17/h2-10,15,19-22,33H,11-14,28H2,1H3,(H,29,37)(H,30,34)(H,31,35)(H,32,36)(H,38,39)/t15-,19-,20+,21-,22-/m0/s1. The minimum atomic E-state index is -1.25. The van der Waals surface area contributed by atoms with Gasteiger partial charge in [0.05, 0.1) is 6.04 Å². The van der Waals surface area contributed by atoms with Crippen molar-refractivity contribution in [2.24, 2.45) is 5.73 Å². The van der Waals surface area contributed by atoms with Gasteiger partial charge >= 0.3 is 5.97 Å². The van der Waals surface area contributed by atoms with Crippen LogP contribution < -0.4 is 27.0 Å². The van der Waals surface area contributed by atoms with Crippen LogP contribution in [0.15, 0.2) is 54.6 Å². The molecule has 2 aromatic rings. The van der Waals surface area contributed by atoms with E-state index in [1.54, 1.807) is 42.5 Å². The number of rotatable bonds is 7. The van der Waals surface area contributed by atoms with Crippen LogP contribution >= 0.6 is 21.6 Å². The number of amides is 4. The largest absolute Gasteiger partial charge is 0.508 e. The van der Waals surface area contributed by atoms with Crippen molar-refractivity contribution < 1.29 is 34.2 Å². The first-order valence-electron chi connectivity index (χ1n) is 12.8. The van der Waals surface area contributed by atoms with Crippen LogP contribution in [-0.4, -0.2) is 81.5 Å². The van der Waals surface area contributed by atoms with Crippen LogP contribution in [0.3, 0.4) is 0 Å². The summed E-state index contributed by atoms with van der Waals surface area (Å²) < 4.78 is 0. The lowest BCUT2D eigenvalue weighted by molar-refractivity contribution is -0.141. The molecule has 0 bridgehead atoms. The molecule has 1 saturated heterocycles. The fourth-order valence-electron chi connectivity index (χ4n) is 3.85. The Morgan fingerprint density at radius 3 is 2.24 bits per heavy atom. The van der Waals surface area contributed by atoms with Crippen molar-refractivity contribution in [3.63, 3.8) is 0 Å². The molecular formula is C27H33N5O7S2. The number of carbonyl (C=O) groups is 5. The third-order valence-corrected chi connectivity index (χ3v) is 8.62. The number of benzene rings is 2. The first-order chi connectivity index (χ1) is 19.5. The third-order valence-electron chi connectivity index (χ3n) is 6.20. The first kappa shape index (κ1) is 31.8. The molecule has 1 heterocycles. The molecule has 14 heteroatoms. The summed E-state index contributed by atoms with van der Waals surface area (Å²) in [5.41, 5.74) is 7.52. The van der Waals surface area contributed by atoms with Gasteiger partial charge in [-0.3, -0.25) is 19.2 Å².